The zero-order valence-electron chi connectivity index (χ0n) is 41.7. The molecule has 0 unspecified atom stereocenters. The van der Waals surface area contributed by atoms with Crippen LogP contribution in [0.4, 0.5) is 0 Å². The van der Waals surface area contributed by atoms with Crippen LogP contribution in [-0.2, 0) is 31.9 Å². The fourth-order valence-electron chi connectivity index (χ4n) is 7.55. The van der Waals surface area contributed by atoms with Gasteiger partial charge in [-0.15, -0.1) is 29.3 Å². The Morgan fingerprint density at radius 1 is 0.712 bits per heavy atom. The van der Waals surface area contributed by atoms with E-state index in [-0.39, 0.29) is 43.2 Å². The van der Waals surface area contributed by atoms with E-state index >= 15 is 0 Å². The van der Waals surface area contributed by atoms with Crippen LogP contribution >= 0.6 is 0 Å². The summed E-state index contributed by atoms with van der Waals surface area (Å²) in [4.78, 5) is 10.2. The Bertz CT molecular complexity index is 3140. The molecular weight excluding hydrogens is 902 g/mol. The molecule has 2 aromatic heterocycles. The SMILES string of the molecule is [2H]c1c([2H])c(C([2H])([2H])[2H])c([2H])c([2H])c1-c1ccnc(-c2[c-]c(-c3cccc4c3nc(-c3cc(C)cc(C)c3O)n4-c3ccc(C(C)(C)CC)cc3-c3ccccc3)cc(C(C)(C)C)c2)c1.[Pt]. The number of nitrogens with zero attached hydrogens (tertiary/aromatic N) is 3. The van der Waals surface area contributed by atoms with Gasteiger partial charge in [0.25, 0.3) is 0 Å². The molecule has 0 bridgehead atoms. The number of fused-ring (bicyclic) bond motifs is 1. The molecule has 0 spiro atoms. The summed E-state index contributed by atoms with van der Waals surface area (Å²) < 4.78 is 60.5. The van der Waals surface area contributed by atoms with Gasteiger partial charge in [0.15, 0.2) is 0 Å². The Kier molecular flexibility index (Phi) is 9.16. The molecule has 4 nitrogen and oxygen atoms in total. The molecule has 0 radical (unpaired) electrons. The number of phenols is 1. The maximum Gasteiger partial charge on any atom is 0.148 e. The van der Waals surface area contributed by atoms with Crippen LogP contribution in [0.3, 0.4) is 0 Å². The summed E-state index contributed by atoms with van der Waals surface area (Å²) in [6.45, 7) is 14.2. The van der Waals surface area contributed by atoms with Gasteiger partial charge >= 0.3 is 0 Å². The zero-order chi connectivity index (χ0) is 46.9. The summed E-state index contributed by atoms with van der Waals surface area (Å²) in [7, 11) is 0. The largest absolute Gasteiger partial charge is 0.507 e. The van der Waals surface area contributed by atoms with Crippen molar-refractivity contribution in [2.24, 2.45) is 0 Å². The number of hydrogen-bond acceptors (Lipinski definition) is 3. The molecule has 0 aliphatic heterocycles. The minimum atomic E-state index is -2.82. The van der Waals surface area contributed by atoms with Crippen LogP contribution in [0.1, 0.15) is 85.4 Å². The van der Waals surface area contributed by atoms with Crippen LogP contribution < -0.4 is 0 Å². The number of para-hydroxylation sites is 1. The van der Waals surface area contributed by atoms with E-state index in [2.05, 4.69) is 94.6 Å². The minimum absolute atomic E-state index is 0. The predicted molar refractivity (Wildman–Crippen MR) is 243 cm³/mol. The quantitative estimate of drug-likeness (QED) is 0.154. The number of aryl methyl sites for hydroxylation is 2. The summed E-state index contributed by atoms with van der Waals surface area (Å²) in [6, 6.07) is 36.1. The molecule has 0 fully saturated rings. The van der Waals surface area contributed by atoms with Crippen LogP contribution in [0.25, 0.3) is 72.7 Å². The summed E-state index contributed by atoms with van der Waals surface area (Å²) in [5.74, 6) is 0.741. The molecule has 59 heavy (non-hydrogen) atoms. The second kappa shape index (κ2) is 16.2. The summed E-state index contributed by atoms with van der Waals surface area (Å²) in [5, 5.41) is 11.8. The van der Waals surface area contributed by atoms with Crippen molar-refractivity contribution in [3.63, 3.8) is 0 Å². The third-order valence-electron chi connectivity index (χ3n) is 11.3. The summed E-state index contributed by atoms with van der Waals surface area (Å²) >= 11 is 0. The Balaban J connectivity index is 0.00000648. The molecule has 0 atom stereocenters. The van der Waals surface area contributed by atoms with Gasteiger partial charge in [0.2, 0.25) is 0 Å². The minimum Gasteiger partial charge on any atom is -0.507 e. The van der Waals surface area contributed by atoms with E-state index in [1.165, 1.54) is 5.56 Å². The van der Waals surface area contributed by atoms with Gasteiger partial charge in [-0.1, -0.05) is 143 Å². The van der Waals surface area contributed by atoms with Gasteiger partial charge in [-0.25, -0.2) is 4.98 Å². The average molecular weight is 961 g/mol. The molecule has 0 amide bonds. The Labute approximate surface area is 374 Å². The van der Waals surface area contributed by atoms with Gasteiger partial charge in [0.05, 0.1) is 27.8 Å². The fraction of sp³-hybridized carbons (Fsp3) is 0.222. The van der Waals surface area contributed by atoms with Gasteiger partial charge in [-0.2, -0.15) is 0 Å². The smallest absolute Gasteiger partial charge is 0.148 e. The van der Waals surface area contributed by atoms with Gasteiger partial charge in [-0.3, -0.25) is 9.55 Å². The van der Waals surface area contributed by atoms with Crippen molar-refractivity contribution in [1.82, 2.24) is 14.5 Å². The van der Waals surface area contributed by atoms with Gasteiger partial charge in [0, 0.05) is 42.6 Å². The summed E-state index contributed by atoms with van der Waals surface area (Å²) in [5.41, 5.74) is 11.1. The van der Waals surface area contributed by atoms with E-state index in [1.54, 1.807) is 18.3 Å². The Hall–Kier alpha value is -5.57. The van der Waals surface area contributed by atoms with Crippen molar-refractivity contribution in [2.75, 3.05) is 0 Å². The monoisotopic (exact) mass is 960 g/mol. The van der Waals surface area contributed by atoms with Crippen molar-refractivity contribution in [1.29, 1.82) is 0 Å². The van der Waals surface area contributed by atoms with Crippen molar-refractivity contribution >= 4 is 11.0 Å². The van der Waals surface area contributed by atoms with Gasteiger partial charge in [0.1, 0.15) is 11.6 Å². The molecule has 0 aliphatic carbocycles. The van der Waals surface area contributed by atoms with Crippen LogP contribution in [0.15, 0.2) is 133 Å². The van der Waals surface area contributed by atoms with Gasteiger partial charge in [-0.05, 0) is 102 Å². The normalized spacial score (nSPS) is 13.7. The number of rotatable bonds is 8. The Morgan fingerprint density at radius 3 is 2.17 bits per heavy atom. The second-order valence-electron chi connectivity index (χ2n) is 16.9. The number of pyridine rings is 1. The molecule has 0 aliphatic rings. The molecule has 0 saturated carbocycles. The molecular formula is C54H52N3OPt-. The standard InChI is InChI=1S/C54H52N3O.Pt/c1-10-54(8,9)42-23-24-48(45(33-42)38-15-12-11-13-16-38)57-49-18-14-17-44(50(49)56-52(57)46-28-35(3)27-36(4)51(46)58)40-29-41(31-43(30-40)53(5,6)7)47-32-39(25-26-55-47)37-21-19-34(2)20-22-37;/h11-28,30-33,58H,10H2,1-9H3;/q-1;/i2D3,19D,20D,21D,22D;. The predicted octanol–water partition coefficient (Wildman–Crippen LogP) is 14.2. The fourth-order valence-corrected chi connectivity index (χ4v) is 7.55. The van der Waals surface area contributed by atoms with E-state index < -0.39 is 36.6 Å². The van der Waals surface area contributed by atoms with Crippen LogP contribution in [-0.4, -0.2) is 19.6 Å². The molecule has 5 heteroatoms. The third kappa shape index (κ3) is 8.08. The first-order chi connectivity index (χ1) is 30.6. The van der Waals surface area contributed by atoms with Crippen molar-refractivity contribution in [2.45, 2.75) is 79.5 Å². The van der Waals surface area contributed by atoms with E-state index in [0.29, 0.717) is 33.7 Å². The van der Waals surface area contributed by atoms with E-state index in [4.69, 9.17) is 19.6 Å². The van der Waals surface area contributed by atoms with Crippen LogP contribution in [0, 0.1) is 26.8 Å². The topological polar surface area (TPSA) is 50.9 Å². The van der Waals surface area contributed by atoms with Crippen molar-refractivity contribution in [3.05, 3.63) is 167 Å². The first kappa shape index (κ1) is 33.3. The Morgan fingerprint density at radius 2 is 1.46 bits per heavy atom. The van der Waals surface area contributed by atoms with E-state index in [1.807, 2.05) is 62.4 Å². The van der Waals surface area contributed by atoms with Crippen molar-refractivity contribution < 1.29 is 35.8 Å². The zero-order valence-corrected chi connectivity index (χ0v) is 37.0. The number of benzene rings is 6. The molecule has 6 aromatic carbocycles. The number of phenolic OH excluding ortho intramolecular Hbond substituents is 1. The number of hydrogen-bond donors (Lipinski definition) is 1. The number of aromatic nitrogens is 3. The maximum absolute atomic E-state index is 11.8. The first-order valence-electron chi connectivity index (χ1n) is 23.3. The molecule has 8 rings (SSSR count). The van der Waals surface area contributed by atoms with Crippen LogP contribution in [0.5, 0.6) is 5.75 Å². The molecule has 1 N–H and O–H groups in total. The van der Waals surface area contributed by atoms with Crippen LogP contribution in [0.2, 0.25) is 0 Å². The van der Waals surface area contributed by atoms with Gasteiger partial charge < -0.3 is 5.11 Å². The molecule has 8 aromatic rings. The third-order valence-corrected chi connectivity index (χ3v) is 11.3. The van der Waals surface area contributed by atoms with E-state index in [0.717, 1.165) is 56.6 Å². The summed E-state index contributed by atoms with van der Waals surface area (Å²) in [6.07, 6.45) is 2.51. The average Bonchev–Trinajstić information content (AvgIpc) is 3.66. The van der Waals surface area contributed by atoms with Crippen molar-refractivity contribution in [3.8, 4) is 67.5 Å². The molecule has 300 valence electrons. The number of aromatic hydroxyl groups is 1. The van der Waals surface area contributed by atoms with E-state index in [9.17, 15) is 5.11 Å². The first-order valence-corrected chi connectivity index (χ1v) is 19.8. The number of imidazole rings is 1. The second-order valence-corrected chi connectivity index (χ2v) is 16.9. The maximum atomic E-state index is 11.8. The molecule has 0 saturated heterocycles. The molecule has 2 heterocycles.